The summed E-state index contributed by atoms with van der Waals surface area (Å²) in [5.41, 5.74) is 0.715. The third-order valence-electron chi connectivity index (χ3n) is 5.74. The van der Waals surface area contributed by atoms with Crippen molar-refractivity contribution in [2.75, 3.05) is 0 Å². The molecule has 172 valence electrons. The van der Waals surface area contributed by atoms with E-state index in [0.717, 1.165) is 6.07 Å². The van der Waals surface area contributed by atoms with Gasteiger partial charge in [0.1, 0.15) is 46.9 Å². The lowest BCUT2D eigenvalue weighted by Gasteiger charge is -2.42. The van der Waals surface area contributed by atoms with E-state index in [1.54, 1.807) is 13.0 Å². The number of benzene rings is 2. The Morgan fingerprint density at radius 2 is 1.66 bits per heavy atom. The monoisotopic (exact) mass is 448 g/mol. The molecule has 7 atom stereocenters. The molecule has 2 aliphatic rings. The van der Waals surface area contributed by atoms with E-state index in [1.807, 2.05) is 0 Å². The number of ether oxygens (including phenoxy) is 3. The molecule has 0 bridgehead atoms. The molecule has 2 aromatic rings. The number of phenolic OH excluding ortho intramolecular Hbond substituents is 3. The molecule has 6 N–H and O–H groups in total. The van der Waals surface area contributed by atoms with Crippen molar-refractivity contribution in [2.24, 2.45) is 0 Å². The Kier molecular flexibility index (Phi) is 5.74. The molecule has 0 spiro atoms. The number of carbonyl (C=O) groups excluding carboxylic acids is 1. The molecule has 10 nitrogen and oxygen atoms in total. The van der Waals surface area contributed by atoms with Gasteiger partial charge in [0.2, 0.25) is 5.78 Å². The van der Waals surface area contributed by atoms with Gasteiger partial charge in [-0.2, -0.15) is 0 Å². The number of aliphatic hydroxyl groups excluding tert-OH is 3. The van der Waals surface area contributed by atoms with Crippen LogP contribution in [0, 0.1) is 6.92 Å². The quantitative estimate of drug-likeness (QED) is 0.392. The van der Waals surface area contributed by atoms with Crippen LogP contribution in [0.25, 0.3) is 0 Å². The number of aromatic hydroxyl groups is 3. The lowest BCUT2D eigenvalue weighted by atomic mass is 9.91. The van der Waals surface area contributed by atoms with Crippen molar-refractivity contribution in [3.8, 4) is 23.0 Å². The van der Waals surface area contributed by atoms with Crippen molar-refractivity contribution in [1.29, 1.82) is 0 Å². The number of ketones is 1. The highest BCUT2D eigenvalue weighted by Gasteiger charge is 2.48. The van der Waals surface area contributed by atoms with Crippen molar-refractivity contribution in [3.05, 3.63) is 47.0 Å². The highest BCUT2D eigenvalue weighted by Crippen LogP contribution is 2.44. The smallest absolute Gasteiger partial charge is 0.203 e. The summed E-state index contributed by atoms with van der Waals surface area (Å²) in [4.78, 5) is 13.3. The second kappa shape index (κ2) is 8.23. The summed E-state index contributed by atoms with van der Waals surface area (Å²) in [6, 6.07) is 6.67. The molecule has 1 fully saturated rings. The fraction of sp³-hybridized carbons (Fsp3) is 0.409. The predicted molar refractivity (Wildman–Crippen MR) is 108 cm³/mol. The number of carbonyl (C=O) groups is 1. The number of Topliss-reactive ketones (excluding diaryl/α,β-unsaturated/α-hetero) is 1. The van der Waals surface area contributed by atoms with E-state index >= 15 is 0 Å². The number of aliphatic hydroxyl groups is 3. The Bertz CT molecular complexity index is 1040. The van der Waals surface area contributed by atoms with Crippen LogP contribution in [0.4, 0.5) is 0 Å². The van der Waals surface area contributed by atoms with Crippen molar-refractivity contribution in [3.63, 3.8) is 0 Å². The maximum atomic E-state index is 13.3. The predicted octanol–water partition coefficient (Wildman–Crippen LogP) is 0.641. The number of rotatable bonds is 3. The second-order valence-corrected chi connectivity index (χ2v) is 8.02. The Morgan fingerprint density at radius 1 is 0.938 bits per heavy atom. The molecule has 0 aromatic heterocycles. The molecular formula is C22H24O10. The maximum Gasteiger partial charge on any atom is 0.203 e. The normalized spacial score (nSPS) is 32.3. The minimum Gasteiger partial charge on any atom is -0.508 e. The first-order valence-corrected chi connectivity index (χ1v) is 10.00. The summed E-state index contributed by atoms with van der Waals surface area (Å²) >= 11 is 0. The minimum absolute atomic E-state index is 0.0287. The van der Waals surface area contributed by atoms with Crippen LogP contribution in [-0.4, -0.2) is 73.2 Å². The first kappa shape index (κ1) is 22.3. The van der Waals surface area contributed by atoms with Crippen molar-refractivity contribution < 1.29 is 49.6 Å². The first-order chi connectivity index (χ1) is 15.1. The van der Waals surface area contributed by atoms with Gasteiger partial charge in [-0.1, -0.05) is 6.07 Å². The number of aryl methyl sites for hydroxylation is 1. The third kappa shape index (κ3) is 3.76. The summed E-state index contributed by atoms with van der Waals surface area (Å²) in [6.45, 7) is 3.12. The third-order valence-corrected chi connectivity index (χ3v) is 5.74. The van der Waals surface area contributed by atoms with Crippen LogP contribution in [0.1, 0.15) is 34.5 Å². The molecule has 2 aromatic carbocycles. The van der Waals surface area contributed by atoms with Gasteiger partial charge in [0.25, 0.3) is 0 Å². The van der Waals surface area contributed by atoms with Gasteiger partial charge in [0.05, 0.1) is 6.10 Å². The van der Waals surface area contributed by atoms with Crippen LogP contribution >= 0.6 is 0 Å². The van der Waals surface area contributed by atoms with E-state index in [9.17, 15) is 35.4 Å². The largest absolute Gasteiger partial charge is 0.508 e. The van der Waals surface area contributed by atoms with Gasteiger partial charge in [-0.3, -0.25) is 4.79 Å². The van der Waals surface area contributed by atoms with E-state index < -0.39 is 54.4 Å². The van der Waals surface area contributed by atoms with Crippen molar-refractivity contribution in [1.82, 2.24) is 0 Å². The zero-order chi connectivity index (χ0) is 23.3. The average molecular weight is 448 g/mol. The molecule has 0 aliphatic carbocycles. The molecule has 0 amide bonds. The van der Waals surface area contributed by atoms with E-state index in [4.69, 9.17) is 14.2 Å². The average Bonchev–Trinajstić information content (AvgIpc) is 2.73. The number of phenols is 3. The van der Waals surface area contributed by atoms with Crippen LogP contribution < -0.4 is 4.74 Å². The van der Waals surface area contributed by atoms with Gasteiger partial charge in [0.15, 0.2) is 18.5 Å². The van der Waals surface area contributed by atoms with Crippen LogP contribution in [0.3, 0.4) is 0 Å². The fourth-order valence-corrected chi connectivity index (χ4v) is 3.91. The van der Waals surface area contributed by atoms with E-state index in [1.165, 1.54) is 25.1 Å². The summed E-state index contributed by atoms with van der Waals surface area (Å²) in [5, 5.41) is 60.3. The van der Waals surface area contributed by atoms with E-state index in [2.05, 4.69) is 0 Å². The van der Waals surface area contributed by atoms with Crippen molar-refractivity contribution in [2.45, 2.75) is 56.8 Å². The van der Waals surface area contributed by atoms with E-state index in [0.29, 0.717) is 11.1 Å². The van der Waals surface area contributed by atoms with Crippen molar-refractivity contribution >= 4 is 5.78 Å². The zero-order valence-electron chi connectivity index (χ0n) is 17.2. The van der Waals surface area contributed by atoms with Gasteiger partial charge in [0, 0.05) is 12.1 Å². The Balaban J connectivity index is 1.75. The summed E-state index contributed by atoms with van der Waals surface area (Å²) in [7, 11) is 0. The lowest BCUT2D eigenvalue weighted by molar-refractivity contribution is -0.304. The second-order valence-electron chi connectivity index (χ2n) is 8.02. The SMILES string of the molecule is Cc1cc([C@H]2Oc3cc(O)cc(O)c3C(=O)[C@@H]2OC2OC(C)C(O)C(O)C2O)ccc1O. The molecule has 2 heterocycles. The standard InChI is InChI=1S/C22H24O10/c1-8-5-10(3-4-12(8)24)20-21(32-22-19(29)18(28)16(26)9(2)30-22)17(27)15-13(25)6-11(23)7-14(15)31-20/h3-7,9,16,18-26,28-29H,1-2H3/t9?,16?,18?,19?,20-,21+,22?/m1/s1. The molecule has 1 saturated heterocycles. The Labute approximate surface area is 182 Å². The minimum atomic E-state index is -1.66. The number of hydrogen-bond acceptors (Lipinski definition) is 10. The molecule has 32 heavy (non-hydrogen) atoms. The molecule has 0 radical (unpaired) electrons. The van der Waals surface area contributed by atoms with E-state index in [-0.39, 0.29) is 22.8 Å². The Hall–Kier alpha value is -2.89. The molecule has 0 saturated carbocycles. The number of hydrogen-bond donors (Lipinski definition) is 6. The number of fused-ring (bicyclic) bond motifs is 1. The topological polar surface area (TPSA) is 166 Å². The highest BCUT2D eigenvalue weighted by atomic mass is 16.7. The van der Waals surface area contributed by atoms with Gasteiger partial charge in [-0.25, -0.2) is 0 Å². The zero-order valence-corrected chi connectivity index (χ0v) is 17.2. The van der Waals surface area contributed by atoms with Crippen LogP contribution in [0.5, 0.6) is 23.0 Å². The van der Waals surface area contributed by atoms with Gasteiger partial charge in [-0.15, -0.1) is 0 Å². The lowest BCUT2D eigenvalue weighted by Crippen LogP contribution is -2.59. The highest BCUT2D eigenvalue weighted by molar-refractivity contribution is 6.05. The summed E-state index contributed by atoms with van der Waals surface area (Å²) in [6.07, 6.45) is -9.51. The summed E-state index contributed by atoms with van der Waals surface area (Å²) < 4.78 is 17.1. The molecule has 10 heteroatoms. The van der Waals surface area contributed by atoms with Gasteiger partial charge < -0.3 is 44.8 Å². The van der Waals surface area contributed by atoms with Crippen LogP contribution in [-0.2, 0) is 9.47 Å². The van der Waals surface area contributed by atoms with Gasteiger partial charge in [-0.05, 0) is 37.1 Å². The van der Waals surface area contributed by atoms with Crippen LogP contribution in [0.2, 0.25) is 0 Å². The Morgan fingerprint density at radius 3 is 2.34 bits per heavy atom. The molecule has 2 aliphatic heterocycles. The summed E-state index contributed by atoms with van der Waals surface area (Å²) in [5.74, 6) is -1.58. The molecule has 4 rings (SSSR count). The molecule has 5 unspecified atom stereocenters. The fourth-order valence-electron chi connectivity index (χ4n) is 3.91. The first-order valence-electron chi connectivity index (χ1n) is 10.00. The van der Waals surface area contributed by atoms with Crippen LogP contribution in [0.15, 0.2) is 30.3 Å². The maximum absolute atomic E-state index is 13.3. The molecular weight excluding hydrogens is 424 g/mol. The van der Waals surface area contributed by atoms with Gasteiger partial charge >= 0.3 is 0 Å².